The molecule has 0 spiro atoms. The Bertz CT molecular complexity index is 594. The first-order valence-electron chi connectivity index (χ1n) is 6.29. The van der Waals surface area contributed by atoms with Gasteiger partial charge in [0, 0.05) is 13.2 Å². The SMILES string of the molecule is COCC(N)C(=O)Nc1ccnn1-c1ccccc1C. The van der Waals surface area contributed by atoms with Crippen LogP contribution in [0.15, 0.2) is 36.5 Å². The Morgan fingerprint density at radius 1 is 1.45 bits per heavy atom. The van der Waals surface area contributed by atoms with Crippen molar-refractivity contribution in [3.63, 3.8) is 0 Å². The fourth-order valence-corrected chi connectivity index (χ4v) is 1.87. The first kappa shape index (κ1) is 14.2. The number of rotatable bonds is 5. The number of hydrogen-bond donors (Lipinski definition) is 2. The van der Waals surface area contributed by atoms with Gasteiger partial charge in [-0.15, -0.1) is 0 Å². The van der Waals surface area contributed by atoms with E-state index in [1.54, 1.807) is 16.9 Å². The molecule has 1 unspecified atom stereocenters. The number of ether oxygens (including phenoxy) is 1. The van der Waals surface area contributed by atoms with E-state index >= 15 is 0 Å². The molecule has 1 atom stereocenters. The summed E-state index contributed by atoms with van der Waals surface area (Å²) < 4.78 is 6.54. The van der Waals surface area contributed by atoms with Crippen molar-refractivity contribution in [2.75, 3.05) is 19.0 Å². The average molecular weight is 274 g/mol. The molecule has 0 saturated heterocycles. The summed E-state index contributed by atoms with van der Waals surface area (Å²) in [5.74, 6) is 0.276. The van der Waals surface area contributed by atoms with Crippen LogP contribution in [0.2, 0.25) is 0 Å². The Morgan fingerprint density at radius 3 is 2.90 bits per heavy atom. The third-order valence-corrected chi connectivity index (χ3v) is 2.92. The molecule has 6 nitrogen and oxygen atoms in total. The highest BCUT2D eigenvalue weighted by Crippen LogP contribution is 2.18. The molecule has 0 radical (unpaired) electrons. The minimum absolute atomic E-state index is 0.171. The number of nitrogens with one attached hydrogen (secondary N) is 1. The Hall–Kier alpha value is -2.18. The quantitative estimate of drug-likeness (QED) is 0.855. The van der Waals surface area contributed by atoms with Crippen LogP contribution in [0.4, 0.5) is 5.82 Å². The van der Waals surface area contributed by atoms with Gasteiger partial charge in [0.1, 0.15) is 11.9 Å². The molecule has 3 N–H and O–H groups in total. The second-order valence-electron chi connectivity index (χ2n) is 4.47. The summed E-state index contributed by atoms with van der Waals surface area (Å²) in [6.45, 7) is 2.16. The maximum Gasteiger partial charge on any atom is 0.244 e. The standard InChI is InChI=1S/C14H18N4O2/c1-10-5-3-4-6-12(10)18-13(7-8-16-18)17-14(19)11(15)9-20-2/h3-8,11H,9,15H2,1-2H3,(H,17,19). The molecule has 6 heteroatoms. The van der Waals surface area contributed by atoms with Crippen molar-refractivity contribution in [3.8, 4) is 5.69 Å². The maximum absolute atomic E-state index is 11.9. The molecule has 0 bridgehead atoms. The number of methoxy groups -OCH3 is 1. The Kier molecular flexibility index (Phi) is 4.49. The molecule has 2 rings (SSSR count). The normalized spacial score (nSPS) is 12.2. The van der Waals surface area contributed by atoms with Crippen LogP contribution in [0.25, 0.3) is 5.69 Å². The van der Waals surface area contributed by atoms with Gasteiger partial charge in [-0.2, -0.15) is 5.10 Å². The highest BCUT2D eigenvalue weighted by Gasteiger charge is 2.16. The predicted molar refractivity (Wildman–Crippen MR) is 76.8 cm³/mol. The van der Waals surface area contributed by atoms with Crippen LogP contribution in [-0.4, -0.2) is 35.4 Å². The average Bonchev–Trinajstić information content (AvgIpc) is 2.87. The lowest BCUT2D eigenvalue weighted by Crippen LogP contribution is -2.39. The summed E-state index contributed by atoms with van der Waals surface area (Å²) in [5, 5.41) is 6.99. The number of benzene rings is 1. The van der Waals surface area contributed by atoms with Crippen LogP contribution in [-0.2, 0) is 9.53 Å². The molecule has 0 aliphatic heterocycles. The van der Waals surface area contributed by atoms with E-state index in [-0.39, 0.29) is 12.5 Å². The van der Waals surface area contributed by atoms with Crippen molar-refractivity contribution >= 4 is 11.7 Å². The van der Waals surface area contributed by atoms with Gasteiger partial charge in [0.05, 0.1) is 18.5 Å². The number of amides is 1. The molecule has 2 aromatic rings. The Morgan fingerprint density at radius 2 is 2.20 bits per heavy atom. The number of aromatic nitrogens is 2. The second kappa shape index (κ2) is 6.31. The third-order valence-electron chi connectivity index (χ3n) is 2.92. The van der Waals surface area contributed by atoms with Crippen molar-refractivity contribution < 1.29 is 9.53 Å². The Labute approximate surface area is 117 Å². The van der Waals surface area contributed by atoms with Crippen molar-refractivity contribution in [1.29, 1.82) is 0 Å². The molecule has 0 fully saturated rings. The van der Waals surface area contributed by atoms with Gasteiger partial charge in [0.2, 0.25) is 5.91 Å². The molecule has 0 saturated carbocycles. The zero-order valence-corrected chi connectivity index (χ0v) is 11.5. The van der Waals surface area contributed by atoms with E-state index in [1.165, 1.54) is 7.11 Å². The number of carbonyl (C=O) groups excluding carboxylic acids is 1. The van der Waals surface area contributed by atoms with Crippen molar-refractivity contribution in [2.45, 2.75) is 13.0 Å². The molecule has 1 amide bonds. The lowest BCUT2D eigenvalue weighted by molar-refractivity contribution is -0.118. The van der Waals surface area contributed by atoms with E-state index in [1.807, 2.05) is 31.2 Å². The monoisotopic (exact) mass is 274 g/mol. The fraction of sp³-hybridized carbons (Fsp3) is 0.286. The largest absolute Gasteiger partial charge is 0.383 e. The molecular weight excluding hydrogens is 256 g/mol. The lowest BCUT2D eigenvalue weighted by Gasteiger charge is -2.13. The molecule has 0 aliphatic rings. The lowest BCUT2D eigenvalue weighted by atomic mass is 10.2. The molecular formula is C14H18N4O2. The highest BCUT2D eigenvalue weighted by molar-refractivity contribution is 5.94. The van der Waals surface area contributed by atoms with E-state index in [0.29, 0.717) is 5.82 Å². The van der Waals surface area contributed by atoms with Crippen molar-refractivity contribution in [2.24, 2.45) is 5.73 Å². The number of para-hydroxylation sites is 1. The Balaban J connectivity index is 2.22. The van der Waals surface area contributed by atoms with Crippen LogP contribution >= 0.6 is 0 Å². The van der Waals surface area contributed by atoms with Crippen LogP contribution in [0.1, 0.15) is 5.56 Å². The predicted octanol–water partition coefficient (Wildman–Crippen LogP) is 1.09. The van der Waals surface area contributed by atoms with Crippen LogP contribution < -0.4 is 11.1 Å². The van der Waals surface area contributed by atoms with E-state index in [0.717, 1.165) is 11.3 Å². The summed E-state index contributed by atoms with van der Waals surface area (Å²) in [6.07, 6.45) is 1.63. The van der Waals surface area contributed by atoms with Gasteiger partial charge in [0.15, 0.2) is 0 Å². The first-order valence-corrected chi connectivity index (χ1v) is 6.29. The number of carbonyl (C=O) groups is 1. The topological polar surface area (TPSA) is 82.2 Å². The minimum Gasteiger partial charge on any atom is -0.383 e. The van der Waals surface area contributed by atoms with Gasteiger partial charge in [-0.05, 0) is 18.6 Å². The smallest absolute Gasteiger partial charge is 0.244 e. The molecule has 20 heavy (non-hydrogen) atoms. The zero-order chi connectivity index (χ0) is 14.5. The summed E-state index contributed by atoms with van der Waals surface area (Å²) in [4.78, 5) is 11.9. The van der Waals surface area contributed by atoms with Crippen molar-refractivity contribution in [1.82, 2.24) is 9.78 Å². The summed E-state index contributed by atoms with van der Waals surface area (Å²) >= 11 is 0. The fourth-order valence-electron chi connectivity index (χ4n) is 1.87. The molecule has 106 valence electrons. The van der Waals surface area contributed by atoms with E-state index in [2.05, 4.69) is 10.4 Å². The second-order valence-corrected chi connectivity index (χ2v) is 4.47. The van der Waals surface area contributed by atoms with E-state index in [4.69, 9.17) is 10.5 Å². The summed E-state index contributed by atoms with van der Waals surface area (Å²) in [5.41, 5.74) is 7.67. The minimum atomic E-state index is -0.708. The molecule has 0 aliphatic carbocycles. The van der Waals surface area contributed by atoms with Crippen molar-refractivity contribution in [3.05, 3.63) is 42.1 Å². The maximum atomic E-state index is 11.9. The van der Waals surface area contributed by atoms with Crippen LogP contribution in [0.3, 0.4) is 0 Å². The van der Waals surface area contributed by atoms with Crippen LogP contribution in [0.5, 0.6) is 0 Å². The molecule has 1 aromatic heterocycles. The summed E-state index contributed by atoms with van der Waals surface area (Å²) in [6, 6.07) is 8.82. The van der Waals surface area contributed by atoms with E-state index < -0.39 is 6.04 Å². The third kappa shape index (κ3) is 3.04. The van der Waals surface area contributed by atoms with Gasteiger partial charge in [0.25, 0.3) is 0 Å². The van der Waals surface area contributed by atoms with E-state index in [9.17, 15) is 4.79 Å². The van der Waals surface area contributed by atoms with Gasteiger partial charge >= 0.3 is 0 Å². The number of nitrogens with zero attached hydrogens (tertiary/aromatic N) is 2. The summed E-state index contributed by atoms with van der Waals surface area (Å²) in [7, 11) is 1.50. The number of aryl methyl sites for hydroxylation is 1. The van der Waals surface area contributed by atoms with Gasteiger partial charge in [-0.1, -0.05) is 18.2 Å². The highest BCUT2D eigenvalue weighted by atomic mass is 16.5. The first-order chi connectivity index (χ1) is 9.63. The van der Waals surface area contributed by atoms with Gasteiger partial charge in [-0.3, -0.25) is 4.79 Å². The van der Waals surface area contributed by atoms with Crippen LogP contribution in [0, 0.1) is 6.92 Å². The van der Waals surface area contributed by atoms with Gasteiger partial charge < -0.3 is 15.8 Å². The van der Waals surface area contributed by atoms with Gasteiger partial charge in [-0.25, -0.2) is 4.68 Å². The molecule has 1 heterocycles. The number of nitrogens with two attached hydrogens (primary N) is 1. The molecule has 1 aromatic carbocycles. The zero-order valence-electron chi connectivity index (χ0n) is 11.5. The number of hydrogen-bond acceptors (Lipinski definition) is 4. The number of anilines is 1.